The molecular formula is C20H22ClF2N3O3S. The highest BCUT2D eigenvalue weighted by atomic mass is 35.5. The van der Waals surface area contributed by atoms with E-state index in [9.17, 15) is 13.6 Å². The Morgan fingerprint density at radius 3 is 2.93 bits per heavy atom. The predicted molar refractivity (Wildman–Crippen MR) is 113 cm³/mol. The van der Waals surface area contributed by atoms with Crippen molar-refractivity contribution in [2.45, 2.75) is 32.2 Å². The minimum atomic E-state index is -2.59. The van der Waals surface area contributed by atoms with Crippen molar-refractivity contribution in [3.05, 3.63) is 40.4 Å². The summed E-state index contributed by atoms with van der Waals surface area (Å²) in [6.45, 7) is 1.75. The van der Waals surface area contributed by atoms with Gasteiger partial charge < -0.3 is 20.1 Å². The Hall–Kier alpha value is -2.39. The number of hydrogen-bond acceptors (Lipinski definition) is 5. The van der Waals surface area contributed by atoms with Gasteiger partial charge in [0.1, 0.15) is 11.5 Å². The van der Waals surface area contributed by atoms with Gasteiger partial charge in [-0.25, -0.2) is 18.6 Å². The van der Waals surface area contributed by atoms with Crippen LogP contribution in [0.15, 0.2) is 30.5 Å². The maximum atomic E-state index is 12.1. The molecule has 1 atom stereocenters. The van der Waals surface area contributed by atoms with Crippen LogP contribution in [0.2, 0.25) is 5.02 Å². The van der Waals surface area contributed by atoms with Crippen molar-refractivity contribution in [3.63, 3.8) is 0 Å². The number of alkyl halides is 2. The standard InChI is InChI=1S/C20H22ClF2N3O3S/c1-12(26-19(27)24-10-18(22)23)2-6-15-9-25-20(30-15)29-17-7-5-14(8-16(17)21)28-11-13-3-4-13/h2,5-9,12-13,18H,3-4,10-11H2,1H3,(H2,24,26,27)/b6-2+/t12-/m0/s1. The fraction of sp³-hybridized carbons (Fsp3) is 0.400. The Kier molecular flexibility index (Phi) is 7.87. The van der Waals surface area contributed by atoms with Gasteiger partial charge in [0.2, 0.25) is 0 Å². The molecule has 0 saturated heterocycles. The number of benzene rings is 1. The van der Waals surface area contributed by atoms with Gasteiger partial charge in [0.05, 0.1) is 23.1 Å². The summed E-state index contributed by atoms with van der Waals surface area (Å²) in [7, 11) is 0. The highest BCUT2D eigenvalue weighted by Gasteiger charge is 2.22. The largest absolute Gasteiger partial charge is 0.493 e. The summed E-state index contributed by atoms with van der Waals surface area (Å²) in [5.74, 6) is 1.85. The number of amides is 2. The second-order valence-electron chi connectivity index (χ2n) is 6.87. The molecule has 2 aromatic rings. The smallest absolute Gasteiger partial charge is 0.315 e. The van der Waals surface area contributed by atoms with Crippen molar-refractivity contribution >= 4 is 35.0 Å². The fourth-order valence-electron chi connectivity index (χ4n) is 2.36. The van der Waals surface area contributed by atoms with E-state index in [-0.39, 0.29) is 6.04 Å². The number of nitrogens with zero attached hydrogens (tertiary/aromatic N) is 1. The van der Waals surface area contributed by atoms with Crippen molar-refractivity contribution < 1.29 is 23.0 Å². The molecule has 1 fully saturated rings. The maximum absolute atomic E-state index is 12.1. The first kappa shape index (κ1) is 22.3. The first-order valence-corrected chi connectivity index (χ1v) is 10.6. The molecule has 1 saturated carbocycles. The molecular weight excluding hydrogens is 436 g/mol. The van der Waals surface area contributed by atoms with Crippen LogP contribution < -0.4 is 20.1 Å². The van der Waals surface area contributed by atoms with E-state index in [0.717, 1.165) is 4.88 Å². The molecule has 6 nitrogen and oxygen atoms in total. The number of aromatic nitrogens is 1. The lowest BCUT2D eigenvalue weighted by atomic mass is 10.3. The minimum Gasteiger partial charge on any atom is -0.493 e. The van der Waals surface area contributed by atoms with Gasteiger partial charge >= 0.3 is 6.03 Å². The van der Waals surface area contributed by atoms with E-state index in [2.05, 4.69) is 15.6 Å². The highest BCUT2D eigenvalue weighted by Crippen LogP contribution is 2.35. The summed E-state index contributed by atoms with van der Waals surface area (Å²) in [5, 5.41) is 5.47. The van der Waals surface area contributed by atoms with E-state index in [4.69, 9.17) is 21.1 Å². The Morgan fingerprint density at radius 1 is 1.43 bits per heavy atom. The van der Waals surface area contributed by atoms with Crippen molar-refractivity contribution in [3.8, 4) is 16.7 Å². The number of halogens is 3. The van der Waals surface area contributed by atoms with Crippen LogP contribution in [0.3, 0.4) is 0 Å². The molecule has 0 aliphatic heterocycles. The van der Waals surface area contributed by atoms with Crippen LogP contribution in [0.25, 0.3) is 6.08 Å². The third-order valence-electron chi connectivity index (χ3n) is 4.11. The van der Waals surface area contributed by atoms with E-state index < -0.39 is 19.0 Å². The maximum Gasteiger partial charge on any atom is 0.315 e. The summed E-state index contributed by atoms with van der Waals surface area (Å²) in [4.78, 5) is 16.5. The molecule has 0 spiro atoms. The van der Waals surface area contributed by atoms with Crippen LogP contribution in [0.4, 0.5) is 13.6 Å². The Labute approximate surface area is 182 Å². The van der Waals surface area contributed by atoms with Crippen molar-refractivity contribution in [2.24, 2.45) is 5.92 Å². The van der Waals surface area contributed by atoms with Crippen LogP contribution in [0.5, 0.6) is 16.7 Å². The molecule has 2 amide bonds. The molecule has 0 bridgehead atoms. The number of urea groups is 1. The van der Waals surface area contributed by atoms with Crippen molar-refractivity contribution in [1.82, 2.24) is 15.6 Å². The molecule has 2 N–H and O–H groups in total. The number of ether oxygens (including phenoxy) is 2. The van der Waals surface area contributed by atoms with Crippen molar-refractivity contribution in [2.75, 3.05) is 13.2 Å². The molecule has 1 aromatic heterocycles. The second-order valence-corrected chi connectivity index (χ2v) is 8.30. The van der Waals surface area contributed by atoms with Crippen LogP contribution in [0.1, 0.15) is 24.6 Å². The summed E-state index contributed by atoms with van der Waals surface area (Å²) >= 11 is 7.58. The van der Waals surface area contributed by atoms with Gasteiger partial charge in [-0.15, -0.1) is 0 Å². The quantitative estimate of drug-likeness (QED) is 0.505. The van der Waals surface area contributed by atoms with E-state index in [0.29, 0.717) is 34.2 Å². The van der Waals surface area contributed by atoms with E-state index in [1.54, 1.807) is 37.4 Å². The zero-order valence-electron chi connectivity index (χ0n) is 16.2. The number of carbonyl (C=O) groups is 1. The molecule has 3 rings (SSSR count). The normalized spacial score (nSPS) is 14.7. The Morgan fingerprint density at radius 2 is 2.23 bits per heavy atom. The van der Waals surface area contributed by atoms with Crippen LogP contribution in [-0.2, 0) is 0 Å². The lowest BCUT2D eigenvalue weighted by Crippen LogP contribution is -2.41. The first-order chi connectivity index (χ1) is 14.4. The SMILES string of the molecule is C[C@@H](/C=C/c1cnc(Oc2ccc(OCC3CC3)cc2Cl)s1)NC(=O)NCC(F)F. The summed E-state index contributed by atoms with van der Waals surface area (Å²) in [6.07, 6.45) is 4.96. The molecule has 1 aliphatic rings. The molecule has 1 aromatic carbocycles. The lowest BCUT2D eigenvalue weighted by Gasteiger charge is -2.10. The molecule has 162 valence electrons. The van der Waals surface area contributed by atoms with Gasteiger partial charge in [-0.05, 0) is 43.9 Å². The Balaban J connectivity index is 1.49. The molecule has 10 heteroatoms. The zero-order chi connectivity index (χ0) is 21.5. The zero-order valence-corrected chi connectivity index (χ0v) is 17.8. The highest BCUT2D eigenvalue weighted by molar-refractivity contribution is 7.14. The van der Waals surface area contributed by atoms with Crippen LogP contribution >= 0.6 is 22.9 Å². The van der Waals surface area contributed by atoms with Gasteiger partial charge in [-0.1, -0.05) is 29.0 Å². The topological polar surface area (TPSA) is 72.5 Å². The number of carbonyl (C=O) groups excluding carboxylic acids is 1. The monoisotopic (exact) mass is 457 g/mol. The van der Waals surface area contributed by atoms with Crippen LogP contribution in [0, 0.1) is 5.92 Å². The number of thiazole rings is 1. The average molecular weight is 458 g/mol. The summed E-state index contributed by atoms with van der Waals surface area (Å²) in [5.41, 5.74) is 0. The first-order valence-electron chi connectivity index (χ1n) is 9.46. The van der Waals surface area contributed by atoms with E-state index >= 15 is 0 Å². The average Bonchev–Trinajstić information content (AvgIpc) is 3.43. The molecule has 0 radical (unpaired) electrons. The van der Waals surface area contributed by atoms with E-state index in [1.165, 1.54) is 24.2 Å². The third kappa shape index (κ3) is 7.46. The van der Waals surface area contributed by atoms with Gasteiger partial charge in [0.25, 0.3) is 11.6 Å². The third-order valence-corrected chi connectivity index (χ3v) is 5.25. The van der Waals surface area contributed by atoms with Gasteiger partial charge in [-0.3, -0.25) is 0 Å². The minimum absolute atomic E-state index is 0.355. The van der Waals surface area contributed by atoms with Crippen LogP contribution in [-0.4, -0.2) is 36.6 Å². The van der Waals surface area contributed by atoms with Gasteiger partial charge in [-0.2, -0.15) is 0 Å². The number of rotatable bonds is 10. The number of nitrogens with one attached hydrogen (secondary N) is 2. The van der Waals surface area contributed by atoms with Gasteiger partial charge in [0, 0.05) is 18.3 Å². The second kappa shape index (κ2) is 10.6. The molecule has 0 unspecified atom stereocenters. The Bertz CT molecular complexity index is 890. The predicted octanol–water partition coefficient (Wildman–Crippen LogP) is 5.34. The summed E-state index contributed by atoms with van der Waals surface area (Å²) < 4.78 is 35.6. The summed E-state index contributed by atoms with van der Waals surface area (Å²) in [6, 6.07) is 4.27. The molecule has 1 heterocycles. The fourth-order valence-corrected chi connectivity index (χ4v) is 3.26. The van der Waals surface area contributed by atoms with Gasteiger partial charge in [0.15, 0.2) is 0 Å². The lowest BCUT2D eigenvalue weighted by molar-refractivity contribution is 0.146. The number of hydrogen-bond donors (Lipinski definition) is 2. The molecule has 1 aliphatic carbocycles. The molecule has 30 heavy (non-hydrogen) atoms. The van der Waals surface area contributed by atoms with E-state index in [1.807, 2.05) is 6.07 Å². The van der Waals surface area contributed by atoms with Crippen molar-refractivity contribution in [1.29, 1.82) is 0 Å².